The Morgan fingerprint density at radius 2 is 1.32 bits per heavy atom. The van der Waals surface area contributed by atoms with E-state index in [-0.39, 0.29) is 29.4 Å². The van der Waals surface area contributed by atoms with E-state index in [9.17, 15) is 20.3 Å². The number of nitrogens with zero attached hydrogens (tertiary/aromatic N) is 1. The Balaban J connectivity index is -0.000000584. The van der Waals surface area contributed by atoms with Gasteiger partial charge in [-0.2, -0.15) is 5.48 Å². The summed E-state index contributed by atoms with van der Waals surface area (Å²) in [5, 5.41) is 39.0. The first-order valence-electron chi connectivity index (χ1n) is 12.2. The third-order valence-electron chi connectivity index (χ3n) is 6.77. The molecule has 0 bridgehead atoms. The fourth-order valence-corrected chi connectivity index (χ4v) is 3.02. The topological polar surface area (TPSA) is 177 Å². The van der Waals surface area contributed by atoms with Gasteiger partial charge in [-0.25, -0.2) is 5.26 Å². The summed E-state index contributed by atoms with van der Waals surface area (Å²) in [5.74, 6) is 0.335. The van der Waals surface area contributed by atoms with Gasteiger partial charge in [0.05, 0.1) is 12.2 Å². The average molecular weight is 497 g/mol. The lowest BCUT2D eigenvalue weighted by Gasteiger charge is -2.32. The second-order valence-corrected chi connectivity index (χ2v) is 12.5. The van der Waals surface area contributed by atoms with Crippen LogP contribution in [0.3, 0.4) is 0 Å². The van der Waals surface area contributed by atoms with Gasteiger partial charge in [-0.1, -0.05) is 13.8 Å². The van der Waals surface area contributed by atoms with E-state index in [0.717, 1.165) is 19.3 Å². The van der Waals surface area contributed by atoms with Crippen LogP contribution >= 0.6 is 0 Å². The third kappa shape index (κ3) is 16.7. The predicted molar refractivity (Wildman–Crippen MR) is 139 cm³/mol. The van der Waals surface area contributed by atoms with E-state index in [1.165, 1.54) is 0 Å². The monoisotopic (exact) mass is 496 g/mol. The van der Waals surface area contributed by atoms with Gasteiger partial charge in [0.2, 0.25) is 5.54 Å². The van der Waals surface area contributed by atoms with Crippen LogP contribution in [0, 0.1) is 22.0 Å². The van der Waals surface area contributed by atoms with Crippen LogP contribution in [0.25, 0.3) is 0 Å². The Morgan fingerprint density at radius 3 is 1.68 bits per heavy atom. The van der Waals surface area contributed by atoms with Crippen molar-refractivity contribution in [3.05, 3.63) is 10.1 Å². The first-order chi connectivity index (χ1) is 15.0. The molecule has 0 aliphatic rings. The molecule has 34 heavy (non-hydrogen) atoms. The van der Waals surface area contributed by atoms with Crippen LogP contribution in [0.15, 0.2) is 0 Å². The largest absolute Gasteiger partial charge is 0.393 e. The molecule has 0 aromatic heterocycles. The normalized spacial score (nSPS) is 16.8. The van der Waals surface area contributed by atoms with Crippen LogP contribution < -0.4 is 16.9 Å². The molecule has 10 heteroatoms. The molecule has 0 radical (unpaired) electrons. The van der Waals surface area contributed by atoms with Gasteiger partial charge in [0.1, 0.15) is 0 Å². The lowest BCUT2D eigenvalue weighted by molar-refractivity contribution is -0.561. The number of hydroxylamine groups is 1. The first kappa shape index (κ1) is 35.3. The van der Waals surface area contributed by atoms with Crippen molar-refractivity contribution < 1.29 is 26.8 Å². The van der Waals surface area contributed by atoms with Crippen molar-refractivity contribution >= 4 is 0 Å². The van der Waals surface area contributed by atoms with E-state index in [0.29, 0.717) is 25.2 Å². The molecule has 0 aliphatic heterocycles. The zero-order valence-corrected chi connectivity index (χ0v) is 23.2. The summed E-state index contributed by atoms with van der Waals surface area (Å²) in [6.45, 7) is 18.7. The average Bonchev–Trinajstić information content (AvgIpc) is 2.64. The summed E-state index contributed by atoms with van der Waals surface area (Å²) >= 11 is 0. The van der Waals surface area contributed by atoms with Crippen molar-refractivity contribution in [1.29, 1.82) is 0 Å². The molecule has 0 saturated carbocycles. The second kappa shape index (κ2) is 14.6. The van der Waals surface area contributed by atoms with Crippen molar-refractivity contribution in [1.82, 2.24) is 5.48 Å². The van der Waals surface area contributed by atoms with Gasteiger partial charge in [0.15, 0.2) is 0 Å². The summed E-state index contributed by atoms with van der Waals surface area (Å²) in [4.78, 5) is 14.4. The highest BCUT2D eigenvalue weighted by atomic mass is 17.2. The highest BCUT2D eigenvalue weighted by Crippen LogP contribution is 2.25. The number of rotatable bonds is 15. The lowest BCUT2D eigenvalue weighted by Crippen LogP contribution is -2.45. The highest BCUT2D eigenvalue weighted by molar-refractivity contribution is 4.83. The van der Waals surface area contributed by atoms with Gasteiger partial charge in [0, 0.05) is 43.2 Å². The van der Waals surface area contributed by atoms with Crippen molar-refractivity contribution in [3.63, 3.8) is 0 Å². The van der Waals surface area contributed by atoms with Crippen molar-refractivity contribution in [2.45, 2.75) is 142 Å². The molecule has 0 aromatic carbocycles. The summed E-state index contributed by atoms with van der Waals surface area (Å²) < 4.78 is 0. The fourth-order valence-electron chi connectivity index (χ4n) is 3.02. The minimum Gasteiger partial charge on any atom is -0.393 e. The molecule has 0 amide bonds. The molecular weight excluding hydrogens is 440 g/mol. The van der Waals surface area contributed by atoms with Crippen LogP contribution in [0.1, 0.15) is 109 Å². The van der Waals surface area contributed by atoms with Gasteiger partial charge in [-0.15, -0.1) is 4.99 Å². The van der Waals surface area contributed by atoms with E-state index >= 15 is 0 Å². The van der Waals surface area contributed by atoms with Crippen LogP contribution in [0.5, 0.6) is 0 Å². The molecule has 0 fully saturated rings. The third-order valence-corrected chi connectivity index (χ3v) is 6.77. The Kier molecular flexibility index (Phi) is 15.2. The van der Waals surface area contributed by atoms with E-state index in [1.807, 2.05) is 48.5 Å². The van der Waals surface area contributed by atoms with Crippen LogP contribution in [0.4, 0.5) is 0 Å². The molecule has 0 spiro atoms. The molecule has 208 valence electrons. The molecule has 10 nitrogen and oxygen atoms in total. The summed E-state index contributed by atoms with van der Waals surface area (Å²) in [7, 11) is 0. The van der Waals surface area contributed by atoms with Crippen LogP contribution in [0.2, 0.25) is 0 Å². The predicted octanol–water partition coefficient (Wildman–Crippen LogP) is 3.86. The Morgan fingerprint density at radius 1 is 0.912 bits per heavy atom. The zero-order valence-electron chi connectivity index (χ0n) is 23.2. The molecule has 0 heterocycles. The first-order valence-corrected chi connectivity index (χ1v) is 12.2. The summed E-state index contributed by atoms with van der Waals surface area (Å²) in [6.07, 6.45) is 2.60. The van der Waals surface area contributed by atoms with Crippen LogP contribution in [-0.4, -0.2) is 54.8 Å². The Labute approximate surface area is 208 Å². The Bertz CT molecular complexity index is 579. The maximum atomic E-state index is 10.8. The Hall–Kier alpha value is -0.880. The number of nitrogens with two attached hydrogens (primary N) is 2. The molecule has 0 aliphatic carbocycles. The van der Waals surface area contributed by atoms with Crippen molar-refractivity contribution in [2.24, 2.45) is 23.3 Å². The maximum absolute atomic E-state index is 10.8. The van der Waals surface area contributed by atoms with Gasteiger partial charge >= 0.3 is 0 Å². The molecule has 8 N–H and O–H groups in total. The smallest absolute Gasteiger partial charge is 0.216 e. The standard InChI is InChI=1S/C12H26N2O5.C12H28N2O.H2/c1-9(12(4,5)13-19-18)8-10(15)6-7-11(2,3)14(16)17;1-9(12(4,5)14)8-10(15)6-7-11(2,3)13;/h9-10,13,15,18H,6-8H2,1-5H3;9-10,15H,6-8,13-14H2,1-5H3;1H. The number of hydrogen-bond donors (Lipinski definition) is 6. The number of hydrogen-bond acceptors (Lipinski definition) is 9. The van der Waals surface area contributed by atoms with E-state index in [2.05, 4.69) is 17.4 Å². The second-order valence-electron chi connectivity index (χ2n) is 12.5. The van der Waals surface area contributed by atoms with Crippen LogP contribution in [-0.2, 0) is 4.99 Å². The molecule has 4 atom stereocenters. The molecule has 0 saturated heterocycles. The van der Waals surface area contributed by atoms with Gasteiger partial charge in [0.25, 0.3) is 0 Å². The number of nitro groups is 1. The summed E-state index contributed by atoms with van der Waals surface area (Å²) in [6, 6.07) is 0. The summed E-state index contributed by atoms with van der Waals surface area (Å²) in [5.41, 5.74) is 12.3. The minimum atomic E-state index is -1.02. The molecule has 0 rings (SSSR count). The van der Waals surface area contributed by atoms with E-state index < -0.39 is 17.2 Å². The fraction of sp³-hybridized carbons (Fsp3) is 1.00. The number of nitrogens with one attached hydrogen (secondary N) is 1. The SMILES string of the molecule is CC(CC(O)CCC(C)(C)N)C(C)(C)N.CC(CC(O)CCC(C)(C)[N+](=O)[O-])C(C)(C)NOO.[HH]. The molecule has 4 unspecified atom stereocenters. The van der Waals surface area contributed by atoms with Gasteiger partial charge in [-0.05, 0) is 85.5 Å². The van der Waals surface area contributed by atoms with Gasteiger partial charge < -0.3 is 21.7 Å². The van der Waals surface area contributed by atoms with Crippen molar-refractivity contribution in [2.75, 3.05) is 0 Å². The lowest BCUT2D eigenvalue weighted by atomic mass is 9.84. The van der Waals surface area contributed by atoms with Crippen molar-refractivity contribution in [3.8, 4) is 0 Å². The van der Waals surface area contributed by atoms with E-state index in [1.54, 1.807) is 13.8 Å². The maximum Gasteiger partial charge on any atom is 0.216 e. The van der Waals surface area contributed by atoms with E-state index in [4.69, 9.17) is 16.7 Å². The van der Waals surface area contributed by atoms with Gasteiger partial charge in [-0.3, -0.25) is 10.1 Å². The molecular formula is C24H56N4O6. The highest BCUT2D eigenvalue weighted by Gasteiger charge is 2.33. The quantitative estimate of drug-likeness (QED) is 0.112. The minimum absolute atomic E-state index is 0. The zero-order chi connectivity index (χ0) is 27.5. The molecule has 0 aromatic rings. The number of aliphatic hydroxyl groups is 2. The number of aliphatic hydroxyl groups excluding tert-OH is 2.